The van der Waals surface area contributed by atoms with Crippen molar-refractivity contribution in [1.82, 2.24) is 5.06 Å². The molecule has 1 fully saturated rings. The van der Waals surface area contributed by atoms with Crippen LogP contribution in [0.2, 0.25) is 5.02 Å². The van der Waals surface area contributed by atoms with E-state index in [1.807, 2.05) is 48.5 Å². The van der Waals surface area contributed by atoms with Crippen LogP contribution in [0.1, 0.15) is 18.4 Å². The molecule has 0 spiro atoms. The van der Waals surface area contributed by atoms with Gasteiger partial charge in [-0.3, -0.25) is 0 Å². The van der Waals surface area contributed by atoms with Crippen molar-refractivity contribution in [1.29, 1.82) is 0 Å². The molecule has 0 aromatic heterocycles. The zero-order valence-electron chi connectivity index (χ0n) is 15.6. The summed E-state index contributed by atoms with van der Waals surface area (Å²) in [5, 5.41) is 2.11. The number of esters is 1. The first-order valence-electron chi connectivity index (χ1n) is 9.40. The Labute approximate surface area is 173 Å². The number of ether oxygens (including phenoxy) is 2. The summed E-state index contributed by atoms with van der Waals surface area (Å²) in [6.07, 6.45) is 2.51. The Hall–Kier alpha value is -2.67. The topological polar surface area (TPSA) is 65.1 Å². The van der Waals surface area contributed by atoms with Crippen molar-refractivity contribution < 1.29 is 23.9 Å². The first-order chi connectivity index (χ1) is 14.1. The van der Waals surface area contributed by atoms with Crippen LogP contribution in [0.3, 0.4) is 0 Å². The molecule has 6 nitrogen and oxygen atoms in total. The first kappa shape index (κ1) is 19.6. The summed E-state index contributed by atoms with van der Waals surface area (Å²) in [4.78, 5) is 28.5. The van der Waals surface area contributed by atoms with Crippen molar-refractivity contribution in [3.05, 3.63) is 71.3 Å². The summed E-state index contributed by atoms with van der Waals surface area (Å²) >= 11 is 6.06. The number of nitrogens with zero attached hydrogens (tertiary/aromatic N) is 1. The molecule has 2 unspecified atom stereocenters. The maximum Gasteiger partial charge on any atom is 0.350 e. The van der Waals surface area contributed by atoms with Gasteiger partial charge in [-0.25, -0.2) is 9.59 Å². The van der Waals surface area contributed by atoms with E-state index in [-0.39, 0.29) is 6.10 Å². The van der Waals surface area contributed by atoms with Crippen molar-refractivity contribution in [2.75, 3.05) is 6.54 Å². The fourth-order valence-electron chi connectivity index (χ4n) is 3.37. The number of hydroxylamine groups is 2. The molecule has 150 valence electrons. The predicted octanol–water partition coefficient (Wildman–Crippen LogP) is 3.89. The van der Waals surface area contributed by atoms with Crippen molar-refractivity contribution in [2.24, 2.45) is 0 Å². The van der Waals surface area contributed by atoms with Gasteiger partial charge in [0.25, 0.3) is 0 Å². The molecule has 2 aromatic carbocycles. The maximum absolute atomic E-state index is 11.7. The number of hydrogen-bond donors (Lipinski definition) is 0. The molecule has 2 aromatic rings. The normalized spacial score (nSPS) is 23.3. The SMILES string of the molecule is O=C1/C=C/C(=O)ON2CCC(OCc3ccc(-c4cccc(Cl)c4)cc3)CC2O1. The van der Waals surface area contributed by atoms with Crippen LogP contribution in [0, 0.1) is 0 Å². The van der Waals surface area contributed by atoms with E-state index in [0.29, 0.717) is 31.0 Å². The standard InChI is InChI=1S/C22H20ClNO5/c23-18-3-1-2-17(12-18)16-6-4-15(5-7-16)14-27-19-10-11-24-20(13-19)28-21(25)8-9-22(26)29-24/h1-9,12,19-20H,10-11,13-14H2/b9-8+. The van der Waals surface area contributed by atoms with Crippen LogP contribution in [0.25, 0.3) is 11.1 Å². The minimum absolute atomic E-state index is 0.0984. The third-order valence-electron chi connectivity index (χ3n) is 4.87. The van der Waals surface area contributed by atoms with Crippen LogP contribution in [0.5, 0.6) is 0 Å². The molecule has 2 heterocycles. The number of piperidine rings is 1. The number of halogens is 1. The number of hydrogen-bond acceptors (Lipinski definition) is 6. The molecule has 4 rings (SSSR count). The molecule has 0 aliphatic carbocycles. The molecule has 7 heteroatoms. The molecule has 2 aliphatic rings. The Morgan fingerprint density at radius 1 is 1.03 bits per heavy atom. The number of benzene rings is 2. The smallest absolute Gasteiger partial charge is 0.350 e. The molecule has 0 amide bonds. The highest BCUT2D eigenvalue weighted by atomic mass is 35.5. The minimum Gasteiger partial charge on any atom is -0.440 e. The molecule has 1 saturated heterocycles. The Bertz CT molecular complexity index is 927. The van der Waals surface area contributed by atoms with Gasteiger partial charge < -0.3 is 14.3 Å². The number of carbonyl (C=O) groups excluding carboxylic acids is 2. The molecule has 2 atom stereocenters. The van der Waals surface area contributed by atoms with Crippen LogP contribution in [0.4, 0.5) is 0 Å². The van der Waals surface area contributed by atoms with E-state index in [4.69, 9.17) is 25.9 Å². The Morgan fingerprint density at radius 3 is 2.62 bits per heavy atom. The van der Waals surface area contributed by atoms with E-state index >= 15 is 0 Å². The van der Waals surface area contributed by atoms with E-state index in [1.54, 1.807) is 0 Å². The van der Waals surface area contributed by atoms with Crippen molar-refractivity contribution in [2.45, 2.75) is 31.8 Å². The van der Waals surface area contributed by atoms with Gasteiger partial charge in [0, 0.05) is 30.1 Å². The number of carbonyl (C=O) groups is 2. The van der Waals surface area contributed by atoms with Gasteiger partial charge in [-0.05, 0) is 35.2 Å². The van der Waals surface area contributed by atoms with E-state index in [0.717, 1.165) is 28.8 Å². The van der Waals surface area contributed by atoms with Crippen LogP contribution in [0.15, 0.2) is 60.7 Å². The summed E-state index contributed by atoms with van der Waals surface area (Å²) in [5.41, 5.74) is 3.19. The number of fused-ring (bicyclic) bond motifs is 1. The average molecular weight is 414 g/mol. The summed E-state index contributed by atoms with van der Waals surface area (Å²) in [6.45, 7) is 0.886. The quantitative estimate of drug-likeness (QED) is 0.708. The van der Waals surface area contributed by atoms with E-state index in [1.165, 1.54) is 5.06 Å². The molecular formula is C22H20ClNO5. The molecule has 29 heavy (non-hydrogen) atoms. The highest BCUT2D eigenvalue weighted by Gasteiger charge is 2.35. The highest BCUT2D eigenvalue weighted by Crippen LogP contribution is 2.25. The van der Waals surface area contributed by atoms with Gasteiger partial charge in [-0.1, -0.05) is 53.1 Å². The summed E-state index contributed by atoms with van der Waals surface area (Å²) in [6, 6.07) is 15.8. The zero-order chi connectivity index (χ0) is 20.2. The molecule has 0 saturated carbocycles. The highest BCUT2D eigenvalue weighted by molar-refractivity contribution is 6.30. The van der Waals surface area contributed by atoms with Crippen molar-refractivity contribution >= 4 is 23.5 Å². The fraction of sp³-hybridized carbons (Fsp3) is 0.273. The Morgan fingerprint density at radius 2 is 1.83 bits per heavy atom. The van der Waals surface area contributed by atoms with Gasteiger partial charge in [0.05, 0.1) is 12.7 Å². The fourth-order valence-corrected chi connectivity index (χ4v) is 3.56. The second kappa shape index (κ2) is 8.78. The first-order valence-corrected chi connectivity index (χ1v) is 9.78. The molecule has 0 bridgehead atoms. The van der Waals surface area contributed by atoms with E-state index in [9.17, 15) is 9.59 Å². The van der Waals surface area contributed by atoms with Crippen LogP contribution >= 0.6 is 11.6 Å². The summed E-state index contributed by atoms with van der Waals surface area (Å²) < 4.78 is 11.4. The Kier molecular flexibility index (Phi) is 5.94. The van der Waals surface area contributed by atoms with Crippen molar-refractivity contribution in [3.63, 3.8) is 0 Å². The zero-order valence-corrected chi connectivity index (χ0v) is 16.4. The van der Waals surface area contributed by atoms with Crippen LogP contribution in [-0.4, -0.2) is 35.9 Å². The van der Waals surface area contributed by atoms with Gasteiger partial charge >= 0.3 is 11.9 Å². The largest absolute Gasteiger partial charge is 0.440 e. The van der Waals surface area contributed by atoms with E-state index in [2.05, 4.69) is 0 Å². The lowest BCUT2D eigenvalue weighted by Crippen LogP contribution is -2.48. The van der Waals surface area contributed by atoms with E-state index < -0.39 is 18.2 Å². The monoisotopic (exact) mass is 413 g/mol. The molecular weight excluding hydrogens is 394 g/mol. The van der Waals surface area contributed by atoms with Gasteiger partial charge in [0.2, 0.25) is 0 Å². The average Bonchev–Trinajstić information content (AvgIpc) is 2.72. The minimum atomic E-state index is -0.639. The predicted molar refractivity (Wildman–Crippen MR) is 107 cm³/mol. The van der Waals surface area contributed by atoms with Crippen molar-refractivity contribution in [3.8, 4) is 11.1 Å². The van der Waals surface area contributed by atoms with Gasteiger partial charge in [-0.2, -0.15) is 0 Å². The lowest BCUT2D eigenvalue weighted by molar-refractivity contribution is -0.258. The lowest BCUT2D eigenvalue weighted by atomic mass is 10.0. The Balaban J connectivity index is 1.34. The molecule has 2 aliphatic heterocycles. The summed E-state index contributed by atoms with van der Waals surface area (Å²) in [5.74, 6) is -1.14. The number of rotatable bonds is 4. The third kappa shape index (κ3) is 5.03. The third-order valence-corrected chi connectivity index (χ3v) is 5.10. The van der Waals surface area contributed by atoms with Crippen LogP contribution in [-0.2, 0) is 30.5 Å². The van der Waals surface area contributed by atoms with Gasteiger partial charge in [-0.15, -0.1) is 0 Å². The van der Waals surface area contributed by atoms with Crippen LogP contribution < -0.4 is 0 Å². The second-order valence-electron chi connectivity index (χ2n) is 6.94. The summed E-state index contributed by atoms with van der Waals surface area (Å²) in [7, 11) is 0. The molecule has 0 radical (unpaired) electrons. The molecule has 0 N–H and O–H groups in total. The van der Waals surface area contributed by atoms with Gasteiger partial charge in [0.1, 0.15) is 0 Å². The second-order valence-corrected chi connectivity index (χ2v) is 7.38. The maximum atomic E-state index is 11.7. The lowest BCUT2D eigenvalue weighted by Gasteiger charge is -2.36. The van der Waals surface area contributed by atoms with Gasteiger partial charge in [0.15, 0.2) is 6.23 Å².